The number of aromatic amines is 3. The number of hydrogen-bond donors (Lipinski definition) is 12. The van der Waals surface area contributed by atoms with Gasteiger partial charge in [0.05, 0.1) is 25.9 Å². The summed E-state index contributed by atoms with van der Waals surface area (Å²) in [4.78, 5) is 85.6. The second-order valence-electron chi connectivity index (χ2n) is 22.5. The standard InChI is InChI=1S/C21H31N5O4S.C15H21N5O2S.C12H24N2O4.C9H7N3S.C6H15N.CH4.ClH/c1-21(2,3)30-20(28)26-16(18(27)29-4)7-5-6-10-24-19(31)25-13-14-8-11-22-17-15(14)9-12-23-17;16-12(14(21)22)3-1-2-6-19-15(23)20-9-10-4-7-17-13-11(10)5-8-18-13;1-12(2,3)18-11(16)14-9(10(15)17-4)7-5-6-8-13;13-6-10-5-7-1-3-11-9-8(7)2-4-12-9;1-4-7(5-2)6-3;;/h8-9,11-12,16H,5-7,10,13H2,1-4H3,(H,22,23)(H,26,28)(H2,24,25,31);4-5,7-8,12H,1-3,6,9,16H2,(H,17,18)(H,21,22)(H2,19,20,23);9H,5-8,13H2,1-4H3,(H,14,16);1-4H,5H2,(H,11,12);4-6H2,1-3H3;1H4;1H/i;;;;;1D;. The number of aromatic nitrogens is 6. The van der Waals surface area contributed by atoms with Crippen molar-refractivity contribution in [2.45, 2.75) is 176 Å². The van der Waals surface area contributed by atoms with Gasteiger partial charge in [0.1, 0.15) is 46.3 Å². The summed E-state index contributed by atoms with van der Waals surface area (Å²) in [5.74, 6) is -1.93. The van der Waals surface area contributed by atoms with Gasteiger partial charge >= 0.3 is 30.1 Å². The number of unbranched alkanes of at least 4 members (excludes halogenated alkanes) is 3. The maximum Gasteiger partial charge on any atom is 0.408 e. The summed E-state index contributed by atoms with van der Waals surface area (Å²) in [5, 5.41) is 33.1. The third-order valence-electron chi connectivity index (χ3n) is 13.2. The second-order valence-corrected chi connectivity index (χ2v) is 23.5. The number of pyridine rings is 3. The van der Waals surface area contributed by atoms with Gasteiger partial charge in [-0.1, -0.05) is 28.2 Å². The van der Waals surface area contributed by atoms with E-state index in [0.717, 1.165) is 81.9 Å². The Kier molecular flexibility index (Phi) is 43.2. The van der Waals surface area contributed by atoms with E-state index in [0.29, 0.717) is 75.2 Å². The molecule has 14 N–H and O–H groups in total. The van der Waals surface area contributed by atoms with Crippen LogP contribution in [0, 0.1) is 0 Å². The van der Waals surface area contributed by atoms with Gasteiger partial charge in [-0.2, -0.15) is 0 Å². The number of hydrogen-bond acceptors (Lipinski definition) is 19. The SMILES string of the molecule is CCN(CC)CC.COC(=O)C(CCCCN)NC(=O)OC(C)(C)C.COC(=O)C(CCCCNC(=S)NCc1ccnc2[nH]ccc12)NC(=O)OC(C)(C)C.Cl.NC(CCCCNC(=S)NCc1ccnc2[nH]ccc12)C(=O)O.S=C=NCc1ccnc2[nH]ccc12.[2H]C. The minimum Gasteiger partial charge on any atom is -0.480 e. The number of nitrogens with two attached hydrogens (primary N) is 2. The Balaban J connectivity index is 0.00000123. The molecule has 6 aromatic heterocycles. The van der Waals surface area contributed by atoms with Crippen LogP contribution in [0.5, 0.6) is 0 Å². The number of nitrogens with zero attached hydrogens (tertiary/aromatic N) is 5. The molecule has 0 saturated carbocycles. The van der Waals surface area contributed by atoms with Gasteiger partial charge in [0.25, 0.3) is 0 Å². The Labute approximate surface area is 577 Å². The van der Waals surface area contributed by atoms with Crippen LogP contribution in [-0.2, 0) is 53.0 Å². The van der Waals surface area contributed by atoms with Crippen molar-refractivity contribution in [1.82, 2.24) is 66.7 Å². The summed E-state index contributed by atoms with van der Waals surface area (Å²) in [5.41, 5.74) is 15.5. The van der Waals surface area contributed by atoms with Gasteiger partial charge in [-0.3, -0.25) is 4.79 Å². The molecule has 6 aromatic rings. The van der Waals surface area contributed by atoms with Gasteiger partial charge < -0.3 is 87.3 Å². The number of aliphatic carboxylic acids is 1. The Bertz CT molecular complexity index is 3220. The van der Waals surface area contributed by atoms with E-state index < -0.39 is 59.4 Å². The van der Waals surface area contributed by atoms with Crippen molar-refractivity contribution in [3.63, 3.8) is 0 Å². The molecular weight excluding hydrogens is 1280 g/mol. The lowest BCUT2D eigenvalue weighted by atomic mass is 10.1. The zero-order valence-electron chi connectivity index (χ0n) is 57.5. The first kappa shape index (κ1) is 84.4. The molecule has 6 heterocycles. The van der Waals surface area contributed by atoms with Gasteiger partial charge in [-0.05, 0) is 215 Å². The number of halogens is 1. The number of carboxylic acids is 1. The van der Waals surface area contributed by atoms with Crippen LogP contribution < -0.4 is 43.4 Å². The number of esters is 2. The van der Waals surface area contributed by atoms with Gasteiger partial charge in [-0.25, -0.2) is 39.1 Å². The first-order chi connectivity index (χ1) is 44.8. The lowest BCUT2D eigenvalue weighted by Crippen LogP contribution is -2.44. The summed E-state index contributed by atoms with van der Waals surface area (Å²) in [6, 6.07) is 9.59. The molecule has 0 aliphatic rings. The van der Waals surface area contributed by atoms with Crippen molar-refractivity contribution in [3.8, 4) is 0 Å². The highest BCUT2D eigenvalue weighted by Gasteiger charge is 2.26. The Morgan fingerprint density at radius 2 is 1.01 bits per heavy atom. The molecule has 3 unspecified atom stereocenters. The molecule has 30 heteroatoms. The van der Waals surface area contributed by atoms with E-state index in [-0.39, 0.29) is 12.4 Å². The van der Waals surface area contributed by atoms with Crippen LogP contribution in [0.3, 0.4) is 0 Å². The van der Waals surface area contributed by atoms with Crippen molar-refractivity contribution < 1.29 is 49.4 Å². The molecule has 26 nitrogen and oxygen atoms in total. The van der Waals surface area contributed by atoms with Crippen LogP contribution in [0.4, 0.5) is 9.59 Å². The molecule has 524 valence electrons. The monoisotopic (exact) mass is 1390 g/mol. The third-order valence-corrected chi connectivity index (χ3v) is 13.9. The first-order valence-electron chi connectivity index (χ1n) is 31.7. The highest BCUT2D eigenvalue weighted by atomic mass is 35.5. The van der Waals surface area contributed by atoms with Crippen molar-refractivity contribution in [1.29, 1.82) is 0 Å². The fourth-order valence-corrected chi connectivity index (χ4v) is 8.84. The fraction of sp³-hybridized carbons (Fsp3) is 0.547. The number of carbonyl (C=O) groups is 5. The summed E-state index contributed by atoms with van der Waals surface area (Å²) in [6.45, 7) is 24.3. The summed E-state index contributed by atoms with van der Waals surface area (Å²) in [7, 11) is 3.83. The van der Waals surface area contributed by atoms with Gasteiger partial charge in [0.2, 0.25) is 0 Å². The van der Waals surface area contributed by atoms with Crippen LogP contribution in [-0.4, -0.2) is 168 Å². The number of methoxy groups -OCH3 is 2. The van der Waals surface area contributed by atoms with Crippen LogP contribution >= 0.6 is 49.1 Å². The predicted octanol–water partition coefficient (Wildman–Crippen LogP) is 9.63. The van der Waals surface area contributed by atoms with E-state index in [4.69, 9.17) is 56.6 Å². The average molecular weight is 1390 g/mol. The maximum absolute atomic E-state index is 11.9. The number of aliphatic imine (C=N–C) groups is 1. The molecule has 0 saturated heterocycles. The van der Waals surface area contributed by atoms with Gasteiger partial charge in [-0.15, -0.1) is 12.4 Å². The summed E-state index contributed by atoms with van der Waals surface area (Å²) >= 11 is 15.1. The molecule has 6 rings (SSSR count). The lowest BCUT2D eigenvalue weighted by Gasteiger charge is -2.22. The number of ether oxygens (including phenoxy) is 4. The van der Waals surface area contributed by atoms with Crippen molar-refractivity contribution in [2.75, 3.05) is 53.5 Å². The number of carbonyl (C=O) groups excluding carboxylic acids is 4. The molecule has 0 bridgehead atoms. The number of fused-ring (bicyclic) bond motifs is 3. The molecule has 0 fully saturated rings. The molecule has 2 amide bonds. The smallest absolute Gasteiger partial charge is 0.408 e. The normalized spacial score (nSPS) is 11.6. The zero-order chi connectivity index (χ0) is 70.5. The van der Waals surface area contributed by atoms with Crippen LogP contribution in [0.1, 0.15) is 146 Å². The quantitative estimate of drug-likeness (QED) is 0.00714. The second kappa shape index (κ2) is 48.1. The molecule has 0 aliphatic carbocycles. The molecule has 0 aliphatic heterocycles. The Morgan fingerprint density at radius 1 is 0.638 bits per heavy atom. The number of H-pyrrole nitrogens is 3. The number of isothiocyanates is 1. The minimum atomic E-state index is -0.955. The number of amides is 2. The molecule has 0 aromatic carbocycles. The first-order valence-corrected chi connectivity index (χ1v) is 31.9. The largest absolute Gasteiger partial charge is 0.480 e. The van der Waals surface area contributed by atoms with Crippen molar-refractivity contribution in [2.24, 2.45) is 16.5 Å². The Hall–Kier alpha value is -7.63. The molecule has 0 radical (unpaired) electrons. The van der Waals surface area contributed by atoms with Crippen LogP contribution in [0.25, 0.3) is 33.1 Å². The van der Waals surface area contributed by atoms with E-state index in [1.807, 2.05) is 55.0 Å². The average Bonchev–Trinajstić information content (AvgIpc) is 1.77. The van der Waals surface area contributed by atoms with E-state index in [1.165, 1.54) is 41.3 Å². The molecule has 0 spiro atoms. The lowest BCUT2D eigenvalue weighted by molar-refractivity contribution is -0.144. The van der Waals surface area contributed by atoms with E-state index >= 15 is 0 Å². The van der Waals surface area contributed by atoms with E-state index in [1.54, 1.807) is 60.1 Å². The molecular formula is C64H103ClN16O10S3. The highest BCUT2D eigenvalue weighted by molar-refractivity contribution is 7.80. The van der Waals surface area contributed by atoms with E-state index in [9.17, 15) is 24.0 Å². The fourth-order valence-electron chi connectivity index (χ4n) is 8.43. The molecule has 94 heavy (non-hydrogen) atoms. The topological polar surface area (TPSA) is 368 Å². The number of alkyl carbamates (subject to hydrolysis) is 2. The van der Waals surface area contributed by atoms with Crippen LogP contribution in [0.15, 0.2) is 78.6 Å². The summed E-state index contributed by atoms with van der Waals surface area (Å²) < 4.78 is 25.5. The van der Waals surface area contributed by atoms with E-state index in [2.05, 4.69) is 115 Å². The Morgan fingerprint density at radius 3 is 1.35 bits per heavy atom. The predicted molar refractivity (Wildman–Crippen MR) is 386 cm³/mol. The molecule has 3 atom stereocenters. The zero-order valence-corrected chi connectivity index (χ0v) is 59.8. The number of thiocarbonyl (C=S) groups is 3. The minimum absolute atomic E-state index is 0. The number of carboxylic acid groups (broad SMARTS) is 1. The van der Waals surface area contributed by atoms with Crippen molar-refractivity contribution >= 4 is 128 Å². The number of rotatable bonds is 28. The van der Waals surface area contributed by atoms with Crippen molar-refractivity contribution in [3.05, 3.63) is 90.3 Å². The number of nitrogens with one attached hydrogen (secondary N) is 9. The van der Waals surface area contributed by atoms with Crippen LogP contribution in [0.2, 0.25) is 0 Å². The highest BCUT2D eigenvalue weighted by Crippen LogP contribution is 2.18. The van der Waals surface area contributed by atoms with Gasteiger partial charge in [0, 0.05) is 80.9 Å². The maximum atomic E-state index is 11.9. The third kappa shape index (κ3) is 36.1. The summed E-state index contributed by atoms with van der Waals surface area (Å²) in [6.07, 6.45) is 15.6. The van der Waals surface area contributed by atoms with Gasteiger partial charge in [0.15, 0.2) is 10.2 Å².